The Hall–Kier alpha value is -2.90. The number of nitrogens with zero attached hydrogens (tertiary/aromatic N) is 1. The third-order valence-corrected chi connectivity index (χ3v) is 4.42. The van der Waals surface area contributed by atoms with Crippen molar-refractivity contribution in [1.29, 1.82) is 0 Å². The van der Waals surface area contributed by atoms with Gasteiger partial charge in [0.05, 0.1) is 12.2 Å². The van der Waals surface area contributed by atoms with Gasteiger partial charge in [-0.05, 0) is 55.7 Å². The van der Waals surface area contributed by atoms with Crippen molar-refractivity contribution in [2.45, 2.75) is 25.6 Å². The van der Waals surface area contributed by atoms with Crippen LogP contribution in [0, 0.1) is 0 Å². The summed E-state index contributed by atoms with van der Waals surface area (Å²) in [4.78, 5) is 14.4. The van der Waals surface area contributed by atoms with Gasteiger partial charge in [-0.3, -0.25) is 4.79 Å². The van der Waals surface area contributed by atoms with E-state index in [9.17, 15) is 18.0 Å². The Morgan fingerprint density at radius 1 is 1.00 bits per heavy atom. The van der Waals surface area contributed by atoms with Crippen LogP contribution >= 0.6 is 0 Å². The minimum atomic E-state index is -4.80. The number of alkyl halides is 3. The Morgan fingerprint density at radius 3 is 2.36 bits per heavy atom. The summed E-state index contributed by atoms with van der Waals surface area (Å²) in [5, 5.41) is 5.40. The maximum absolute atomic E-state index is 12.4. The first-order valence-corrected chi connectivity index (χ1v) is 9.14. The van der Waals surface area contributed by atoms with Crippen LogP contribution in [0.25, 0.3) is 0 Å². The topological polar surface area (TPSA) is 53.6 Å². The molecule has 0 bridgehead atoms. The van der Waals surface area contributed by atoms with E-state index in [1.165, 1.54) is 37.5 Å². The lowest BCUT2D eigenvalue weighted by Crippen LogP contribution is -2.29. The number of halogens is 3. The van der Waals surface area contributed by atoms with Crippen LogP contribution in [-0.2, 0) is 4.79 Å². The highest BCUT2D eigenvalue weighted by molar-refractivity contribution is 5.94. The summed E-state index contributed by atoms with van der Waals surface area (Å²) in [6.45, 7) is 1.89. The number of anilines is 3. The summed E-state index contributed by atoms with van der Waals surface area (Å²) < 4.78 is 41.3. The predicted molar refractivity (Wildman–Crippen MR) is 103 cm³/mol. The first-order chi connectivity index (χ1) is 13.4. The van der Waals surface area contributed by atoms with E-state index < -0.39 is 6.36 Å². The van der Waals surface area contributed by atoms with Crippen LogP contribution in [0.2, 0.25) is 0 Å². The summed E-state index contributed by atoms with van der Waals surface area (Å²) in [5.74, 6) is -0.749. The van der Waals surface area contributed by atoms with Crippen molar-refractivity contribution < 1.29 is 22.7 Å². The van der Waals surface area contributed by atoms with Gasteiger partial charge < -0.3 is 20.3 Å². The number of para-hydroxylation sites is 2. The van der Waals surface area contributed by atoms with Crippen LogP contribution in [0.4, 0.5) is 30.2 Å². The number of rotatable bonds is 6. The Bertz CT molecular complexity index is 788. The van der Waals surface area contributed by atoms with Gasteiger partial charge in [0, 0.05) is 24.5 Å². The summed E-state index contributed by atoms with van der Waals surface area (Å²) in [7, 11) is 0. The molecule has 5 nitrogen and oxygen atoms in total. The number of benzene rings is 2. The predicted octanol–water partition coefficient (Wildman–Crippen LogP) is 4.63. The molecule has 3 rings (SSSR count). The number of hydrogen-bond donors (Lipinski definition) is 2. The zero-order valence-corrected chi connectivity index (χ0v) is 15.3. The van der Waals surface area contributed by atoms with E-state index in [0.717, 1.165) is 18.8 Å². The van der Waals surface area contributed by atoms with Crippen molar-refractivity contribution >= 4 is 23.0 Å². The van der Waals surface area contributed by atoms with Crippen LogP contribution in [0.3, 0.4) is 0 Å². The molecule has 1 aliphatic heterocycles. The van der Waals surface area contributed by atoms with Crippen molar-refractivity contribution in [1.82, 2.24) is 0 Å². The lowest BCUT2D eigenvalue weighted by atomic mass is 10.1. The summed E-state index contributed by atoms with van der Waals surface area (Å²) in [6.07, 6.45) is -1.17. The minimum Gasteiger partial charge on any atom is -0.404 e. The second-order valence-electron chi connectivity index (χ2n) is 6.54. The van der Waals surface area contributed by atoms with Gasteiger partial charge in [-0.2, -0.15) is 0 Å². The molecule has 0 atom stereocenters. The molecule has 1 aliphatic rings. The highest BCUT2D eigenvalue weighted by Crippen LogP contribution is 2.29. The molecule has 1 heterocycles. The molecule has 0 spiro atoms. The van der Waals surface area contributed by atoms with Gasteiger partial charge in [-0.15, -0.1) is 13.2 Å². The fraction of sp³-hybridized carbons (Fsp3) is 0.350. The van der Waals surface area contributed by atoms with E-state index in [4.69, 9.17) is 0 Å². The van der Waals surface area contributed by atoms with E-state index in [0.29, 0.717) is 5.69 Å². The third-order valence-electron chi connectivity index (χ3n) is 4.42. The smallest absolute Gasteiger partial charge is 0.404 e. The van der Waals surface area contributed by atoms with Crippen molar-refractivity contribution in [2.24, 2.45) is 0 Å². The number of carbonyl (C=O) groups excluding carboxylic acids is 1. The van der Waals surface area contributed by atoms with Crippen LogP contribution in [0.1, 0.15) is 19.3 Å². The molecule has 2 aromatic rings. The summed E-state index contributed by atoms with van der Waals surface area (Å²) in [5.41, 5.74) is 1.84. The minimum absolute atomic E-state index is 0.0930. The van der Waals surface area contributed by atoms with Crippen molar-refractivity contribution in [3.63, 3.8) is 0 Å². The van der Waals surface area contributed by atoms with Crippen LogP contribution in [-0.4, -0.2) is 31.9 Å². The zero-order valence-electron chi connectivity index (χ0n) is 15.3. The molecule has 28 heavy (non-hydrogen) atoms. The lowest BCUT2D eigenvalue weighted by molar-refractivity contribution is -0.274. The standard InChI is InChI=1S/C20H22F3N3O2/c21-20(22,23)28-18-7-3-2-6-17(18)24-14-19(27)25-15-8-10-16(11-9-15)26-12-4-1-5-13-26/h2-3,6-11,24H,1,4-5,12-14H2,(H,25,27). The van der Waals surface area contributed by atoms with Gasteiger partial charge in [0.1, 0.15) is 0 Å². The molecule has 1 saturated heterocycles. The number of amides is 1. The van der Waals surface area contributed by atoms with Crippen LogP contribution in [0.5, 0.6) is 5.75 Å². The fourth-order valence-corrected chi connectivity index (χ4v) is 3.11. The molecule has 1 amide bonds. The number of hydrogen-bond acceptors (Lipinski definition) is 4. The molecular weight excluding hydrogens is 371 g/mol. The molecule has 150 valence electrons. The fourth-order valence-electron chi connectivity index (χ4n) is 3.11. The average Bonchev–Trinajstić information content (AvgIpc) is 2.67. The monoisotopic (exact) mass is 393 g/mol. The van der Waals surface area contributed by atoms with Gasteiger partial charge in [0.2, 0.25) is 5.91 Å². The molecular formula is C20H22F3N3O2. The third kappa shape index (κ3) is 5.80. The molecule has 0 unspecified atom stereocenters. The molecule has 8 heteroatoms. The number of carbonyl (C=O) groups is 1. The number of ether oxygens (including phenoxy) is 1. The van der Waals surface area contributed by atoms with E-state index in [1.54, 1.807) is 6.07 Å². The number of nitrogens with one attached hydrogen (secondary N) is 2. The Balaban J connectivity index is 1.53. The van der Waals surface area contributed by atoms with Crippen molar-refractivity contribution in [3.8, 4) is 5.75 Å². The molecule has 0 aliphatic carbocycles. The van der Waals surface area contributed by atoms with Gasteiger partial charge >= 0.3 is 6.36 Å². The molecule has 0 saturated carbocycles. The normalized spacial score (nSPS) is 14.5. The lowest BCUT2D eigenvalue weighted by Gasteiger charge is -2.28. The van der Waals surface area contributed by atoms with E-state index in [1.807, 2.05) is 24.3 Å². The van der Waals surface area contributed by atoms with Gasteiger partial charge in [-0.1, -0.05) is 12.1 Å². The zero-order chi connectivity index (χ0) is 20.0. The SMILES string of the molecule is O=C(CNc1ccccc1OC(F)(F)F)Nc1ccc(N2CCCCC2)cc1. The maximum atomic E-state index is 12.4. The highest BCUT2D eigenvalue weighted by atomic mass is 19.4. The van der Waals surface area contributed by atoms with E-state index >= 15 is 0 Å². The second-order valence-corrected chi connectivity index (χ2v) is 6.54. The Morgan fingerprint density at radius 2 is 1.68 bits per heavy atom. The van der Waals surface area contributed by atoms with Crippen molar-refractivity contribution in [2.75, 3.05) is 35.2 Å². The largest absolute Gasteiger partial charge is 0.573 e. The summed E-state index contributed by atoms with van der Waals surface area (Å²) >= 11 is 0. The maximum Gasteiger partial charge on any atom is 0.573 e. The average molecular weight is 393 g/mol. The van der Waals surface area contributed by atoms with Gasteiger partial charge in [0.25, 0.3) is 0 Å². The summed E-state index contributed by atoms with van der Waals surface area (Å²) in [6, 6.07) is 13.2. The Kier molecular flexibility index (Phi) is 6.28. The molecule has 2 N–H and O–H groups in total. The van der Waals surface area contributed by atoms with Gasteiger partial charge in [-0.25, -0.2) is 0 Å². The highest BCUT2D eigenvalue weighted by Gasteiger charge is 2.32. The molecule has 0 radical (unpaired) electrons. The van der Waals surface area contributed by atoms with Crippen LogP contribution < -0.4 is 20.3 Å². The van der Waals surface area contributed by atoms with E-state index in [-0.39, 0.29) is 23.9 Å². The molecule has 1 fully saturated rings. The Labute approximate surface area is 161 Å². The molecule has 0 aromatic heterocycles. The quantitative estimate of drug-likeness (QED) is 0.752. The second kappa shape index (κ2) is 8.86. The first-order valence-electron chi connectivity index (χ1n) is 9.14. The van der Waals surface area contributed by atoms with Crippen LogP contribution in [0.15, 0.2) is 48.5 Å². The molecule has 2 aromatic carbocycles. The van der Waals surface area contributed by atoms with E-state index in [2.05, 4.69) is 20.3 Å². The first kappa shape index (κ1) is 19.9. The number of piperidine rings is 1. The van der Waals surface area contributed by atoms with Gasteiger partial charge in [0.15, 0.2) is 5.75 Å². The van der Waals surface area contributed by atoms with Crippen molar-refractivity contribution in [3.05, 3.63) is 48.5 Å².